The molecular weight excluding hydrogens is 335 g/mol. The summed E-state index contributed by atoms with van der Waals surface area (Å²) in [6.45, 7) is 1.14. The molecule has 0 aliphatic heterocycles. The quantitative estimate of drug-likeness (QED) is 0.519. The summed E-state index contributed by atoms with van der Waals surface area (Å²) >= 11 is 0. The smallest absolute Gasteiger partial charge is 0.314 e. The summed E-state index contributed by atoms with van der Waals surface area (Å²) in [6, 6.07) is 6.47. The molecule has 0 aromatic heterocycles. The Hall–Kier alpha value is -2.11. The fourth-order valence-corrected chi connectivity index (χ4v) is 3.61. The predicted octanol–water partition coefficient (Wildman–Crippen LogP) is 3.67. The molecule has 1 saturated carbocycles. The van der Waals surface area contributed by atoms with Crippen molar-refractivity contribution in [1.82, 2.24) is 10.6 Å². The second-order valence-corrected chi connectivity index (χ2v) is 6.99. The number of esters is 1. The normalized spacial score (nSPS) is 15.5. The lowest BCUT2D eigenvalue weighted by molar-refractivity contribution is -0.140. The third-order valence-electron chi connectivity index (χ3n) is 5.18. The summed E-state index contributed by atoms with van der Waals surface area (Å²) in [5, 5.41) is 5.84. The minimum absolute atomic E-state index is 0.0917. The number of amides is 2. The van der Waals surface area contributed by atoms with E-state index in [1.54, 1.807) is 0 Å². The summed E-state index contributed by atoms with van der Waals surface area (Å²) in [5.74, 6) is -0.432. The minimum atomic E-state index is -0.236. The standard InChI is InChI=1S/C20H29FN2O3/c1-26-18(24)7-3-2-6-14-22-19(25)23-15-20(12-4-5-13-20)16-8-10-17(21)11-9-16/h8-11H,2-7,12-15H2,1H3,(H2,22,23,25). The summed E-state index contributed by atoms with van der Waals surface area (Å²) in [6.07, 6.45) is 7.15. The third-order valence-corrected chi connectivity index (χ3v) is 5.18. The number of carbonyl (C=O) groups excluding carboxylic acids is 2. The number of rotatable bonds is 9. The molecule has 0 saturated heterocycles. The van der Waals surface area contributed by atoms with Crippen LogP contribution in [0.3, 0.4) is 0 Å². The molecule has 0 atom stereocenters. The molecule has 144 valence electrons. The van der Waals surface area contributed by atoms with E-state index < -0.39 is 0 Å². The maximum absolute atomic E-state index is 13.2. The molecule has 0 heterocycles. The second kappa shape index (κ2) is 10.1. The molecular formula is C20H29FN2O3. The molecule has 1 aromatic carbocycles. The van der Waals surface area contributed by atoms with Gasteiger partial charge in [-0.1, -0.05) is 31.4 Å². The van der Waals surface area contributed by atoms with Gasteiger partial charge >= 0.3 is 12.0 Å². The molecule has 1 aromatic rings. The number of methoxy groups -OCH3 is 1. The first-order valence-corrected chi connectivity index (χ1v) is 9.40. The highest BCUT2D eigenvalue weighted by Gasteiger charge is 2.35. The highest BCUT2D eigenvalue weighted by Crippen LogP contribution is 2.40. The number of halogens is 1. The maximum atomic E-state index is 13.2. The van der Waals surface area contributed by atoms with Crippen molar-refractivity contribution < 1.29 is 18.7 Å². The zero-order valence-corrected chi connectivity index (χ0v) is 15.5. The summed E-state index contributed by atoms with van der Waals surface area (Å²) < 4.78 is 17.8. The molecule has 2 N–H and O–H groups in total. The highest BCUT2D eigenvalue weighted by atomic mass is 19.1. The fraction of sp³-hybridized carbons (Fsp3) is 0.600. The Labute approximate surface area is 154 Å². The van der Waals surface area contributed by atoms with Crippen LogP contribution < -0.4 is 10.6 Å². The van der Waals surface area contributed by atoms with E-state index in [2.05, 4.69) is 15.4 Å². The Kier molecular flexibility index (Phi) is 7.88. The lowest BCUT2D eigenvalue weighted by atomic mass is 9.79. The van der Waals surface area contributed by atoms with Gasteiger partial charge in [-0.3, -0.25) is 4.79 Å². The van der Waals surface area contributed by atoms with Crippen molar-refractivity contribution in [3.05, 3.63) is 35.6 Å². The minimum Gasteiger partial charge on any atom is -0.469 e. The molecule has 0 bridgehead atoms. The highest BCUT2D eigenvalue weighted by molar-refractivity contribution is 5.74. The van der Waals surface area contributed by atoms with Gasteiger partial charge in [-0.2, -0.15) is 0 Å². The van der Waals surface area contributed by atoms with Crippen molar-refractivity contribution in [1.29, 1.82) is 0 Å². The SMILES string of the molecule is COC(=O)CCCCCNC(=O)NCC1(c2ccc(F)cc2)CCCC1. The molecule has 1 fully saturated rings. The number of ether oxygens (including phenoxy) is 1. The van der Waals surface area contributed by atoms with Crippen LogP contribution >= 0.6 is 0 Å². The zero-order valence-electron chi connectivity index (χ0n) is 15.5. The number of benzene rings is 1. The first kappa shape index (κ1) is 20.2. The molecule has 2 amide bonds. The van der Waals surface area contributed by atoms with Crippen molar-refractivity contribution in [3.8, 4) is 0 Å². The largest absolute Gasteiger partial charge is 0.469 e. The van der Waals surface area contributed by atoms with Gasteiger partial charge in [-0.05, 0) is 43.4 Å². The van der Waals surface area contributed by atoms with Crippen LogP contribution in [-0.4, -0.2) is 32.2 Å². The van der Waals surface area contributed by atoms with Gasteiger partial charge < -0.3 is 15.4 Å². The van der Waals surface area contributed by atoms with Gasteiger partial charge in [0.2, 0.25) is 0 Å². The number of urea groups is 1. The monoisotopic (exact) mass is 364 g/mol. The van der Waals surface area contributed by atoms with Crippen molar-refractivity contribution in [3.63, 3.8) is 0 Å². The molecule has 2 rings (SSSR count). The van der Waals surface area contributed by atoms with Crippen LogP contribution in [0.5, 0.6) is 0 Å². The zero-order chi connectivity index (χ0) is 18.8. The van der Waals surface area contributed by atoms with Crippen LogP contribution in [0.15, 0.2) is 24.3 Å². The molecule has 0 spiro atoms. The molecule has 0 radical (unpaired) electrons. The van der Waals surface area contributed by atoms with Gasteiger partial charge in [-0.15, -0.1) is 0 Å². The molecule has 5 nitrogen and oxygen atoms in total. The average Bonchev–Trinajstić information content (AvgIpc) is 3.13. The average molecular weight is 364 g/mol. The van der Waals surface area contributed by atoms with E-state index in [1.807, 2.05) is 12.1 Å². The van der Waals surface area contributed by atoms with Crippen LogP contribution in [0.4, 0.5) is 9.18 Å². The van der Waals surface area contributed by atoms with Gasteiger partial charge in [0.05, 0.1) is 7.11 Å². The van der Waals surface area contributed by atoms with E-state index in [1.165, 1.54) is 19.2 Å². The van der Waals surface area contributed by atoms with Crippen LogP contribution in [0, 0.1) is 5.82 Å². The first-order valence-electron chi connectivity index (χ1n) is 9.40. The Morgan fingerprint density at radius 2 is 1.77 bits per heavy atom. The number of hydrogen-bond acceptors (Lipinski definition) is 3. The van der Waals surface area contributed by atoms with Crippen molar-refractivity contribution in [2.24, 2.45) is 0 Å². The fourth-order valence-electron chi connectivity index (χ4n) is 3.61. The summed E-state index contributed by atoms with van der Waals surface area (Å²) in [5.41, 5.74) is 1.01. The molecule has 1 aliphatic carbocycles. The maximum Gasteiger partial charge on any atom is 0.314 e. The van der Waals surface area contributed by atoms with E-state index in [9.17, 15) is 14.0 Å². The molecule has 6 heteroatoms. The number of hydrogen-bond donors (Lipinski definition) is 2. The van der Waals surface area contributed by atoms with Crippen molar-refractivity contribution >= 4 is 12.0 Å². The topological polar surface area (TPSA) is 67.4 Å². The van der Waals surface area contributed by atoms with E-state index in [0.717, 1.165) is 50.5 Å². The number of nitrogens with one attached hydrogen (secondary N) is 2. The van der Waals surface area contributed by atoms with Gasteiger partial charge in [0, 0.05) is 24.9 Å². The lowest BCUT2D eigenvalue weighted by Crippen LogP contribution is -2.43. The summed E-state index contributed by atoms with van der Waals surface area (Å²) in [4.78, 5) is 23.1. The van der Waals surface area contributed by atoms with Crippen LogP contribution in [-0.2, 0) is 14.9 Å². The molecule has 0 unspecified atom stereocenters. The van der Waals surface area contributed by atoms with Crippen LogP contribution in [0.1, 0.15) is 56.9 Å². The Morgan fingerprint density at radius 3 is 2.42 bits per heavy atom. The molecule has 1 aliphatic rings. The first-order chi connectivity index (χ1) is 12.6. The van der Waals surface area contributed by atoms with Crippen LogP contribution in [0.2, 0.25) is 0 Å². The Bertz CT molecular complexity index is 583. The predicted molar refractivity (Wildman–Crippen MR) is 98.4 cm³/mol. The third kappa shape index (κ3) is 6.00. The lowest BCUT2D eigenvalue weighted by Gasteiger charge is -2.30. The van der Waals surface area contributed by atoms with Gasteiger partial charge in [0.1, 0.15) is 5.82 Å². The van der Waals surface area contributed by atoms with Gasteiger partial charge in [0.15, 0.2) is 0 Å². The second-order valence-electron chi connectivity index (χ2n) is 6.99. The molecule has 26 heavy (non-hydrogen) atoms. The summed E-state index contributed by atoms with van der Waals surface area (Å²) in [7, 11) is 1.39. The van der Waals surface area contributed by atoms with Gasteiger partial charge in [-0.25, -0.2) is 9.18 Å². The number of unbranched alkanes of at least 4 members (excludes halogenated alkanes) is 2. The Morgan fingerprint density at radius 1 is 1.08 bits per heavy atom. The van der Waals surface area contributed by atoms with E-state index in [-0.39, 0.29) is 23.2 Å². The van der Waals surface area contributed by atoms with Gasteiger partial charge in [0.25, 0.3) is 0 Å². The van der Waals surface area contributed by atoms with E-state index in [0.29, 0.717) is 19.5 Å². The van der Waals surface area contributed by atoms with Crippen molar-refractivity contribution in [2.75, 3.05) is 20.2 Å². The number of carbonyl (C=O) groups is 2. The Balaban J connectivity index is 1.71. The van der Waals surface area contributed by atoms with Crippen LogP contribution in [0.25, 0.3) is 0 Å². The van der Waals surface area contributed by atoms with E-state index >= 15 is 0 Å². The van der Waals surface area contributed by atoms with E-state index in [4.69, 9.17) is 0 Å². The van der Waals surface area contributed by atoms with Crippen molar-refractivity contribution in [2.45, 2.75) is 56.8 Å².